The van der Waals surface area contributed by atoms with Gasteiger partial charge in [-0.05, 0) is 42.3 Å². The summed E-state index contributed by atoms with van der Waals surface area (Å²) in [6, 6.07) is 12.5. The molecule has 0 aromatic heterocycles. The van der Waals surface area contributed by atoms with Crippen molar-refractivity contribution >= 4 is 23.1 Å². The van der Waals surface area contributed by atoms with Crippen molar-refractivity contribution in [3.63, 3.8) is 0 Å². The second-order valence-electron chi connectivity index (χ2n) is 7.55. The van der Waals surface area contributed by atoms with E-state index in [1.807, 2.05) is 30.0 Å². The van der Waals surface area contributed by atoms with Crippen molar-refractivity contribution in [1.29, 1.82) is 0 Å². The van der Waals surface area contributed by atoms with Crippen molar-refractivity contribution in [3.8, 4) is 11.5 Å². The number of anilines is 1. The Morgan fingerprint density at radius 2 is 1.48 bits per heavy atom. The van der Waals surface area contributed by atoms with Crippen molar-refractivity contribution in [3.05, 3.63) is 59.3 Å². The van der Waals surface area contributed by atoms with E-state index in [-0.39, 0.29) is 5.91 Å². The summed E-state index contributed by atoms with van der Waals surface area (Å²) in [5.41, 5.74) is 2.65. The Balaban J connectivity index is 2.18. The van der Waals surface area contributed by atoms with E-state index < -0.39 is 5.91 Å². The average molecular weight is 455 g/mol. The molecule has 2 aromatic rings. The highest BCUT2D eigenvalue weighted by Crippen LogP contribution is 2.38. The minimum Gasteiger partial charge on any atom is -0.493 e. The Morgan fingerprint density at radius 3 is 2.06 bits per heavy atom. The second kappa shape index (κ2) is 11.0. The van der Waals surface area contributed by atoms with E-state index in [2.05, 4.69) is 0 Å². The number of ether oxygens (including phenoxy) is 4. The van der Waals surface area contributed by atoms with Crippen molar-refractivity contribution in [1.82, 2.24) is 4.90 Å². The van der Waals surface area contributed by atoms with Gasteiger partial charge in [-0.25, -0.2) is 4.90 Å². The van der Waals surface area contributed by atoms with Gasteiger partial charge < -0.3 is 23.8 Å². The molecule has 8 nitrogen and oxygen atoms in total. The van der Waals surface area contributed by atoms with E-state index >= 15 is 0 Å². The van der Waals surface area contributed by atoms with Gasteiger partial charge in [0.2, 0.25) is 0 Å². The molecule has 33 heavy (non-hydrogen) atoms. The molecule has 0 saturated heterocycles. The first-order valence-corrected chi connectivity index (χ1v) is 10.6. The largest absolute Gasteiger partial charge is 0.493 e. The normalized spacial score (nSPS) is 13.7. The summed E-state index contributed by atoms with van der Waals surface area (Å²) in [4.78, 5) is 30.5. The van der Waals surface area contributed by atoms with Gasteiger partial charge in [0.25, 0.3) is 11.8 Å². The number of carbonyl (C=O) groups excluding carboxylic acids is 2. The van der Waals surface area contributed by atoms with Crippen molar-refractivity contribution < 1.29 is 28.5 Å². The van der Waals surface area contributed by atoms with Crippen LogP contribution in [0.4, 0.5) is 5.69 Å². The van der Waals surface area contributed by atoms with Crippen molar-refractivity contribution in [2.45, 2.75) is 6.92 Å². The predicted molar refractivity (Wildman–Crippen MR) is 125 cm³/mol. The summed E-state index contributed by atoms with van der Waals surface area (Å²) in [6.45, 7) is 3.54. The summed E-state index contributed by atoms with van der Waals surface area (Å²) in [6.07, 6.45) is 0. The monoisotopic (exact) mass is 454 g/mol. The Kier molecular flexibility index (Phi) is 8.08. The van der Waals surface area contributed by atoms with Gasteiger partial charge in [0.15, 0.2) is 11.5 Å². The lowest BCUT2D eigenvalue weighted by Gasteiger charge is -2.25. The highest BCUT2D eigenvalue weighted by atomic mass is 16.5. The summed E-state index contributed by atoms with van der Waals surface area (Å²) >= 11 is 0. The molecule has 0 saturated carbocycles. The van der Waals surface area contributed by atoms with Crippen LogP contribution in [0, 0.1) is 6.92 Å². The van der Waals surface area contributed by atoms with Gasteiger partial charge in [-0.1, -0.05) is 18.2 Å². The maximum absolute atomic E-state index is 13.7. The molecule has 0 aliphatic carbocycles. The number of hydrogen-bond donors (Lipinski definition) is 0. The number of aryl methyl sites for hydroxylation is 1. The topological polar surface area (TPSA) is 77.5 Å². The van der Waals surface area contributed by atoms with Crippen LogP contribution in [0.5, 0.6) is 11.5 Å². The molecule has 3 rings (SSSR count). The molecule has 1 aliphatic heterocycles. The molecule has 1 heterocycles. The minimum atomic E-state index is -0.396. The summed E-state index contributed by atoms with van der Waals surface area (Å²) in [5, 5.41) is 0. The van der Waals surface area contributed by atoms with Gasteiger partial charge in [-0.15, -0.1) is 0 Å². The molecule has 0 fully saturated rings. The van der Waals surface area contributed by atoms with E-state index in [4.69, 9.17) is 18.9 Å². The number of imide groups is 1. The van der Waals surface area contributed by atoms with Crippen LogP contribution >= 0.6 is 0 Å². The lowest BCUT2D eigenvalue weighted by Crippen LogP contribution is -2.37. The summed E-state index contributed by atoms with van der Waals surface area (Å²) < 4.78 is 21.3. The average Bonchev–Trinajstić information content (AvgIpc) is 3.08. The summed E-state index contributed by atoms with van der Waals surface area (Å²) in [7, 11) is 6.27. The van der Waals surface area contributed by atoms with Gasteiger partial charge in [-0.3, -0.25) is 9.59 Å². The zero-order valence-corrected chi connectivity index (χ0v) is 19.7. The molecule has 176 valence electrons. The van der Waals surface area contributed by atoms with Crippen LogP contribution in [0.25, 0.3) is 5.57 Å². The van der Waals surface area contributed by atoms with E-state index in [1.54, 1.807) is 45.6 Å². The van der Waals surface area contributed by atoms with Crippen LogP contribution in [0.1, 0.15) is 11.1 Å². The van der Waals surface area contributed by atoms with E-state index in [0.29, 0.717) is 60.3 Å². The zero-order chi connectivity index (χ0) is 24.0. The van der Waals surface area contributed by atoms with Crippen LogP contribution in [0.15, 0.2) is 48.2 Å². The number of amides is 2. The quantitative estimate of drug-likeness (QED) is 0.483. The number of hydrogen-bond acceptors (Lipinski definition) is 7. The summed E-state index contributed by atoms with van der Waals surface area (Å²) in [5.74, 6) is 0.220. The second-order valence-corrected chi connectivity index (χ2v) is 7.55. The molecule has 0 unspecified atom stereocenters. The molecule has 2 aromatic carbocycles. The third kappa shape index (κ3) is 5.02. The maximum atomic E-state index is 13.7. The molecule has 0 spiro atoms. The fourth-order valence-corrected chi connectivity index (χ4v) is 3.80. The van der Waals surface area contributed by atoms with Crippen LogP contribution in [-0.4, -0.2) is 71.5 Å². The molecule has 8 heteroatoms. The number of carbonyl (C=O) groups is 2. The fourth-order valence-electron chi connectivity index (χ4n) is 3.80. The number of methoxy groups -OCH3 is 4. The predicted octanol–water partition coefficient (Wildman–Crippen LogP) is 2.89. The van der Waals surface area contributed by atoms with Gasteiger partial charge in [0.1, 0.15) is 5.70 Å². The maximum Gasteiger partial charge on any atom is 0.282 e. The lowest BCUT2D eigenvalue weighted by molar-refractivity contribution is -0.120. The molecule has 2 amide bonds. The van der Waals surface area contributed by atoms with Gasteiger partial charge in [0, 0.05) is 27.3 Å². The number of nitrogens with zero attached hydrogens (tertiary/aromatic N) is 2. The highest BCUT2D eigenvalue weighted by Gasteiger charge is 2.42. The highest BCUT2D eigenvalue weighted by molar-refractivity contribution is 6.45. The first kappa shape index (κ1) is 24.3. The molecular formula is C25H30N2O6. The van der Waals surface area contributed by atoms with Crippen molar-refractivity contribution in [2.75, 3.05) is 59.6 Å². The molecule has 0 radical (unpaired) electrons. The Hall–Kier alpha value is -3.36. The first-order valence-electron chi connectivity index (χ1n) is 10.6. The van der Waals surface area contributed by atoms with E-state index in [1.165, 1.54) is 12.0 Å². The number of benzene rings is 2. The van der Waals surface area contributed by atoms with Crippen molar-refractivity contribution in [2.24, 2.45) is 0 Å². The molecular weight excluding hydrogens is 424 g/mol. The van der Waals surface area contributed by atoms with E-state index in [0.717, 1.165) is 5.56 Å². The molecule has 0 N–H and O–H groups in total. The fraction of sp³-hybridized carbons (Fsp3) is 0.360. The Bertz CT molecular complexity index is 1040. The third-order valence-corrected chi connectivity index (χ3v) is 5.44. The number of rotatable bonds is 11. The van der Waals surface area contributed by atoms with Crippen LogP contribution < -0.4 is 14.4 Å². The third-order valence-electron chi connectivity index (χ3n) is 5.44. The van der Waals surface area contributed by atoms with Gasteiger partial charge in [-0.2, -0.15) is 0 Å². The smallest absolute Gasteiger partial charge is 0.282 e. The van der Waals surface area contributed by atoms with Crippen LogP contribution in [-0.2, 0) is 19.1 Å². The zero-order valence-electron chi connectivity index (χ0n) is 19.7. The van der Waals surface area contributed by atoms with Crippen LogP contribution in [0.2, 0.25) is 0 Å². The first-order chi connectivity index (χ1) is 16.0. The Labute approximate surface area is 194 Å². The van der Waals surface area contributed by atoms with Gasteiger partial charge >= 0.3 is 0 Å². The molecule has 1 aliphatic rings. The molecule has 0 atom stereocenters. The van der Waals surface area contributed by atoms with Gasteiger partial charge in [0.05, 0.1) is 38.7 Å². The lowest BCUT2D eigenvalue weighted by atomic mass is 10.0. The van der Waals surface area contributed by atoms with E-state index in [9.17, 15) is 9.59 Å². The van der Waals surface area contributed by atoms with Crippen LogP contribution in [0.3, 0.4) is 0 Å². The SMILES string of the molecule is COCCN(CCOC)C1=C(c2ccc(OC)c(OC)c2)C(=O)N(c2cccc(C)c2)C1=O. The Morgan fingerprint density at radius 1 is 0.818 bits per heavy atom. The molecule has 0 bridgehead atoms. The standard InChI is InChI=1S/C25H30N2O6/c1-17-7-6-8-19(15-17)27-24(28)22(18-9-10-20(32-4)21(16-18)33-5)23(25(27)29)26(11-13-30-2)12-14-31-3/h6-10,15-16H,11-14H2,1-5H3. The minimum absolute atomic E-state index is 0.301.